The first-order valence-corrected chi connectivity index (χ1v) is 10.1. The molecule has 31 heavy (non-hydrogen) atoms. The van der Waals surface area contributed by atoms with Gasteiger partial charge in [-0.2, -0.15) is 0 Å². The average molecular weight is 445 g/mol. The van der Waals surface area contributed by atoms with Gasteiger partial charge in [0.1, 0.15) is 37.1 Å². The number of nitrogens with zero attached hydrogens (tertiary/aromatic N) is 1. The Morgan fingerprint density at radius 2 is 2.13 bits per heavy atom. The Hall–Kier alpha value is -2.96. The normalized spacial score (nSPS) is 12.4. The van der Waals surface area contributed by atoms with E-state index in [1.54, 1.807) is 30.5 Å². The van der Waals surface area contributed by atoms with Crippen molar-refractivity contribution in [1.82, 2.24) is 9.97 Å². The van der Waals surface area contributed by atoms with Crippen LogP contribution >= 0.6 is 11.6 Å². The molecule has 2 heterocycles. The molecule has 0 saturated carbocycles. The minimum absolute atomic E-state index is 0.0287. The van der Waals surface area contributed by atoms with Crippen LogP contribution in [0.25, 0.3) is 11.0 Å². The van der Waals surface area contributed by atoms with Crippen molar-refractivity contribution in [2.75, 3.05) is 19.9 Å². The maximum atomic E-state index is 14.0. The molecule has 162 valence electrons. The van der Waals surface area contributed by atoms with Crippen LogP contribution in [0.5, 0.6) is 0 Å². The van der Waals surface area contributed by atoms with Crippen molar-refractivity contribution >= 4 is 22.6 Å². The summed E-state index contributed by atoms with van der Waals surface area (Å²) in [6.07, 6.45) is 9.39. The van der Waals surface area contributed by atoms with Crippen molar-refractivity contribution in [2.24, 2.45) is 0 Å². The molecule has 3 rings (SSSR count). The van der Waals surface area contributed by atoms with Crippen molar-refractivity contribution in [3.63, 3.8) is 0 Å². The summed E-state index contributed by atoms with van der Waals surface area (Å²) in [7, 11) is 0. The van der Waals surface area contributed by atoms with Crippen LogP contribution in [-0.4, -0.2) is 29.9 Å². The lowest BCUT2D eigenvalue weighted by molar-refractivity contribution is 0.0809. The molecule has 7 heteroatoms. The summed E-state index contributed by atoms with van der Waals surface area (Å²) in [6.45, 7) is 3.06. The first kappa shape index (κ1) is 22.7. The molecule has 0 bridgehead atoms. The van der Waals surface area contributed by atoms with Gasteiger partial charge in [0.15, 0.2) is 0 Å². The Bertz CT molecular complexity index is 1090. The zero-order valence-corrected chi connectivity index (χ0v) is 17.7. The maximum absolute atomic E-state index is 14.0. The average Bonchev–Trinajstić information content (AvgIpc) is 3.18. The summed E-state index contributed by atoms with van der Waals surface area (Å²) in [6, 6.07) is 8.25. The molecule has 2 aromatic heterocycles. The lowest BCUT2D eigenvalue weighted by atomic mass is 10.0. The van der Waals surface area contributed by atoms with Crippen LogP contribution in [0.3, 0.4) is 0 Å². The van der Waals surface area contributed by atoms with Crippen molar-refractivity contribution in [3.05, 3.63) is 101 Å². The highest BCUT2D eigenvalue weighted by Crippen LogP contribution is 2.23. The van der Waals surface area contributed by atoms with E-state index in [0.717, 1.165) is 22.2 Å². The van der Waals surface area contributed by atoms with Crippen LogP contribution in [0.15, 0.2) is 78.9 Å². The standard InChI is InChI=1S/C24H23ClF2N2O2/c1-2-3-5-17(12-19-14-29-24-21(19)6-4-10-28-24)23(31-11-9-26)16-30-15-18-7-8-20(25)13-22(18)27/h2-8,10,13-14H,1,9,11-12,15-16H2,(H,28,29)/b5-3-,23-17-. The maximum Gasteiger partial charge on any atom is 0.137 e. The molecule has 0 radical (unpaired) electrons. The number of aromatic nitrogens is 2. The first-order valence-electron chi connectivity index (χ1n) is 9.75. The summed E-state index contributed by atoms with van der Waals surface area (Å²) >= 11 is 5.79. The molecular weight excluding hydrogens is 422 g/mol. The van der Waals surface area contributed by atoms with Gasteiger partial charge in [0.05, 0.1) is 6.61 Å². The van der Waals surface area contributed by atoms with Gasteiger partial charge >= 0.3 is 0 Å². The van der Waals surface area contributed by atoms with E-state index in [0.29, 0.717) is 22.8 Å². The minimum atomic E-state index is -0.634. The van der Waals surface area contributed by atoms with Gasteiger partial charge in [0.25, 0.3) is 0 Å². The Balaban J connectivity index is 1.83. The van der Waals surface area contributed by atoms with Crippen molar-refractivity contribution < 1.29 is 18.3 Å². The molecule has 0 atom stereocenters. The quantitative estimate of drug-likeness (QED) is 0.287. The molecule has 3 aromatic rings. The molecule has 0 unspecified atom stereocenters. The lowest BCUT2D eigenvalue weighted by Gasteiger charge is -2.15. The number of halogens is 3. The topological polar surface area (TPSA) is 47.1 Å². The number of benzene rings is 1. The molecule has 0 aliphatic rings. The molecule has 0 aliphatic carbocycles. The lowest BCUT2D eigenvalue weighted by Crippen LogP contribution is -2.09. The minimum Gasteiger partial charge on any atom is -0.492 e. The summed E-state index contributed by atoms with van der Waals surface area (Å²) in [5, 5.41) is 1.30. The molecule has 0 fully saturated rings. The summed E-state index contributed by atoms with van der Waals surface area (Å²) in [5.41, 5.74) is 2.97. The van der Waals surface area contributed by atoms with E-state index >= 15 is 0 Å². The van der Waals surface area contributed by atoms with Gasteiger partial charge in [-0.1, -0.05) is 42.5 Å². The van der Waals surface area contributed by atoms with E-state index in [4.69, 9.17) is 21.1 Å². The molecule has 0 spiro atoms. The fraction of sp³-hybridized carbons (Fsp3) is 0.208. The zero-order valence-electron chi connectivity index (χ0n) is 16.9. The second-order valence-electron chi connectivity index (χ2n) is 6.70. The third-order valence-electron chi connectivity index (χ3n) is 4.57. The number of alkyl halides is 1. The monoisotopic (exact) mass is 444 g/mol. The van der Waals surface area contributed by atoms with Crippen molar-refractivity contribution in [1.29, 1.82) is 0 Å². The van der Waals surface area contributed by atoms with Crippen LogP contribution in [0.2, 0.25) is 5.02 Å². The number of hydrogen-bond acceptors (Lipinski definition) is 3. The van der Waals surface area contributed by atoms with Gasteiger partial charge < -0.3 is 14.5 Å². The smallest absolute Gasteiger partial charge is 0.137 e. The molecule has 1 N–H and O–H groups in total. The molecule has 4 nitrogen and oxygen atoms in total. The predicted octanol–water partition coefficient (Wildman–Crippen LogP) is 6.10. The van der Waals surface area contributed by atoms with E-state index < -0.39 is 12.5 Å². The highest BCUT2D eigenvalue weighted by Gasteiger charge is 2.12. The third kappa shape index (κ3) is 6.26. The van der Waals surface area contributed by atoms with Crippen LogP contribution < -0.4 is 0 Å². The van der Waals surface area contributed by atoms with Gasteiger partial charge in [-0.15, -0.1) is 0 Å². The fourth-order valence-electron chi connectivity index (χ4n) is 3.08. The number of pyridine rings is 1. The predicted molar refractivity (Wildman–Crippen MR) is 119 cm³/mol. The number of rotatable bonds is 11. The molecular formula is C24H23ClF2N2O2. The van der Waals surface area contributed by atoms with Crippen LogP contribution in [0.4, 0.5) is 8.78 Å². The number of fused-ring (bicyclic) bond motifs is 1. The van der Waals surface area contributed by atoms with E-state index in [1.165, 1.54) is 6.07 Å². The number of hydrogen-bond donors (Lipinski definition) is 1. The summed E-state index contributed by atoms with van der Waals surface area (Å²) in [4.78, 5) is 7.45. The summed E-state index contributed by atoms with van der Waals surface area (Å²) < 4.78 is 38.2. The largest absolute Gasteiger partial charge is 0.492 e. The van der Waals surface area contributed by atoms with Crippen LogP contribution in [0.1, 0.15) is 11.1 Å². The first-order chi connectivity index (χ1) is 15.1. The van der Waals surface area contributed by atoms with Crippen molar-refractivity contribution in [3.8, 4) is 0 Å². The van der Waals surface area contributed by atoms with E-state index in [1.807, 2.05) is 24.4 Å². The number of aromatic amines is 1. The number of allylic oxidation sites excluding steroid dienone is 4. The zero-order chi connectivity index (χ0) is 22.1. The highest BCUT2D eigenvalue weighted by atomic mass is 35.5. The van der Waals surface area contributed by atoms with Gasteiger partial charge in [-0.3, -0.25) is 0 Å². The van der Waals surface area contributed by atoms with Gasteiger partial charge in [0, 0.05) is 34.8 Å². The third-order valence-corrected chi connectivity index (χ3v) is 4.80. The van der Waals surface area contributed by atoms with E-state index in [2.05, 4.69) is 16.5 Å². The van der Waals surface area contributed by atoms with E-state index in [9.17, 15) is 8.78 Å². The van der Waals surface area contributed by atoms with E-state index in [-0.39, 0.29) is 19.8 Å². The number of ether oxygens (including phenoxy) is 2. The molecule has 1 aromatic carbocycles. The van der Waals surface area contributed by atoms with Crippen LogP contribution in [-0.2, 0) is 22.5 Å². The highest BCUT2D eigenvalue weighted by molar-refractivity contribution is 6.30. The summed E-state index contributed by atoms with van der Waals surface area (Å²) in [5.74, 6) is 0.0316. The Kier molecular flexibility index (Phi) is 8.38. The number of H-pyrrole nitrogens is 1. The van der Waals surface area contributed by atoms with Gasteiger partial charge in [-0.25, -0.2) is 13.8 Å². The second kappa shape index (κ2) is 11.4. The SMILES string of the molecule is C=C/C=C\C(Cc1c[nH]c2ncccc12)=C(/COCc1ccc(Cl)cc1F)OCCF. The van der Waals surface area contributed by atoms with Crippen LogP contribution in [0, 0.1) is 5.82 Å². The number of nitrogens with one attached hydrogen (secondary N) is 1. The Morgan fingerprint density at radius 1 is 1.26 bits per heavy atom. The Labute approximate surface area is 184 Å². The van der Waals surface area contributed by atoms with Gasteiger partial charge in [0.2, 0.25) is 0 Å². The van der Waals surface area contributed by atoms with Gasteiger partial charge in [-0.05, 0) is 35.4 Å². The molecule has 0 saturated heterocycles. The van der Waals surface area contributed by atoms with Crippen molar-refractivity contribution in [2.45, 2.75) is 13.0 Å². The molecule has 0 aliphatic heterocycles. The molecule has 0 amide bonds. The second-order valence-corrected chi connectivity index (χ2v) is 7.14. The Morgan fingerprint density at radius 3 is 2.90 bits per heavy atom. The fourth-order valence-corrected chi connectivity index (χ4v) is 3.24.